The van der Waals surface area contributed by atoms with Crippen LogP contribution in [0, 0.1) is 5.92 Å². The van der Waals surface area contributed by atoms with Crippen molar-refractivity contribution in [2.45, 2.75) is 25.0 Å². The molecule has 0 amide bonds. The highest BCUT2D eigenvalue weighted by Gasteiger charge is 2.47. The number of rotatable bonds is 1. The van der Waals surface area contributed by atoms with Gasteiger partial charge in [-0.15, -0.1) is 0 Å². The van der Waals surface area contributed by atoms with Gasteiger partial charge in [0.2, 0.25) is 0 Å². The molecule has 1 aliphatic carbocycles. The second-order valence-corrected chi connectivity index (χ2v) is 2.58. The Hall–Kier alpha value is -0.370. The zero-order chi connectivity index (χ0) is 5.56. The first kappa shape index (κ1) is 4.50. The molecule has 0 radical (unpaired) electrons. The van der Waals surface area contributed by atoms with E-state index in [1.54, 1.807) is 0 Å². The largest absolute Gasteiger partial charge is 0.370 e. The highest BCUT2D eigenvalue weighted by Crippen LogP contribution is 2.40. The Morgan fingerprint density at radius 1 is 1.38 bits per heavy atom. The fourth-order valence-corrected chi connectivity index (χ4v) is 1.40. The van der Waals surface area contributed by atoms with Crippen LogP contribution >= 0.6 is 0 Å². The minimum Gasteiger partial charge on any atom is -0.370 e. The van der Waals surface area contributed by atoms with Crippen LogP contribution in [0.25, 0.3) is 0 Å². The van der Waals surface area contributed by atoms with E-state index in [1.807, 2.05) is 0 Å². The maximum absolute atomic E-state index is 10.1. The molecular formula is C6H8O2. The lowest BCUT2D eigenvalue weighted by molar-refractivity contribution is -0.111. The Bertz CT molecular complexity index is 112. The number of hydrogen-bond donors (Lipinski definition) is 0. The van der Waals surface area contributed by atoms with Gasteiger partial charge < -0.3 is 9.53 Å². The standard InChI is InChI=1S/C6H8O2/c7-3-4-1-5-6(2-4)8-5/h3-6H,1-2H2/t4?,5-,6?/m1/s1. The van der Waals surface area contributed by atoms with Crippen molar-refractivity contribution in [3.63, 3.8) is 0 Å². The fourth-order valence-electron chi connectivity index (χ4n) is 1.40. The molecule has 2 rings (SSSR count). The van der Waals surface area contributed by atoms with Gasteiger partial charge in [-0.1, -0.05) is 0 Å². The summed E-state index contributed by atoms with van der Waals surface area (Å²) in [7, 11) is 0. The van der Waals surface area contributed by atoms with E-state index < -0.39 is 0 Å². The Kier molecular flexibility index (Phi) is 0.742. The molecule has 8 heavy (non-hydrogen) atoms. The van der Waals surface area contributed by atoms with Crippen LogP contribution < -0.4 is 0 Å². The molecule has 2 heteroatoms. The summed E-state index contributed by atoms with van der Waals surface area (Å²) >= 11 is 0. The molecule has 2 unspecified atom stereocenters. The van der Waals surface area contributed by atoms with Gasteiger partial charge in [-0.3, -0.25) is 0 Å². The molecule has 1 saturated heterocycles. The van der Waals surface area contributed by atoms with Gasteiger partial charge >= 0.3 is 0 Å². The van der Waals surface area contributed by atoms with E-state index in [-0.39, 0.29) is 0 Å². The van der Waals surface area contributed by atoms with Crippen LogP contribution in [-0.4, -0.2) is 18.5 Å². The van der Waals surface area contributed by atoms with E-state index in [1.165, 1.54) is 0 Å². The number of epoxide rings is 1. The predicted octanol–water partition coefficient (Wildman–Crippen LogP) is 0.363. The van der Waals surface area contributed by atoms with Gasteiger partial charge in [-0.2, -0.15) is 0 Å². The number of hydrogen-bond acceptors (Lipinski definition) is 2. The molecule has 2 nitrogen and oxygen atoms in total. The average molecular weight is 112 g/mol. The van der Waals surface area contributed by atoms with Crippen molar-refractivity contribution >= 4 is 6.29 Å². The molecule has 1 saturated carbocycles. The molecule has 0 bridgehead atoms. The Morgan fingerprint density at radius 3 is 2.38 bits per heavy atom. The van der Waals surface area contributed by atoms with Crippen molar-refractivity contribution in [2.75, 3.05) is 0 Å². The third-order valence-corrected chi connectivity index (χ3v) is 1.95. The number of ether oxygens (including phenoxy) is 1. The summed E-state index contributed by atoms with van der Waals surface area (Å²) in [5.74, 6) is 0.318. The quantitative estimate of drug-likeness (QED) is 0.362. The summed E-state index contributed by atoms with van der Waals surface area (Å²) in [5, 5.41) is 0. The normalized spacial score (nSPS) is 50.8. The van der Waals surface area contributed by atoms with Crippen LogP contribution in [0.15, 0.2) is 0 Å². The predicted molar refractivity (Wildman–Crippen MR) is 27.4 cm³/mol. The first-order valence-corrected chi connectivity index (χ1v) is 3.01. The van der Waals surface area contributed by atoms with Gasteiger partial charge in [0.05, 0.1) is 12.2 Å². The summed E-state index contributed by atoms with van der Waals surface area (Å²) in [6, 6.07) is 0. The lowest BCUT2D eigenvalue weighted by Gasteiger charge is -1.97. The minimum atomic E-state index is 0.318. The molecule has 0 spiro atoms. The van der Waals surface area contributed by atoms with Gasteiger partial charge in [-0.05, 0) is 12.8 Å². The van der Waals surface area contributed by atoms with Gasteiger partial charge in [0.15, 0.2) is 0 Å². The third-order valence-electron chi connectivity index (χ3n) is 1.95. The smallest absolute Gasteiger partial charge is 0.123 e. The van der Waals surface area contributed by atoms with Crippen molar-refractivity contribution in [2.24, 2.45) is 5.92 Å². The highest BCUT2D eigenvalue weighted by atomic mass is 16.6. The third kappa shape index (κ3) is 0.494. The fraction of sp³-hybridized carbons (Fsp3) is 0.833. The van der Waals surface area contributed by atoms with Gasteiger partial charge in [0, 0.05) is 5.92 Å². The molecule has 2 aliphatic rings. The number of aldehydes is 1. The Balaban J connectivity index is 1.98. The summed E-state index contributed by atoms with van der Waals surface area (Å²) in [5.41, 5.74) is 0. The summed E-state index contributed by atoms with van der Waals surface area (Å²) in [6.07, 6.45) is 3.94. The summed E-state index contributed by atoms with van der Waals surface area (Å²) < 4.78 is 5.13. The SMILES string of the molecule is O=CC1CC2O[C@@H]2C1. The van der Waals surface area contributed by atoms with Crippen molar-refractivity contribution < 1.29 is 9.53 Å². The lowest BCUT2D eigenvalue weighted by Crippen LogP contribution is -1.98. The number of carbonyl (C=O) groups is 1. The molecule has 44 valence electrons. The molecule has 1 heterocycles. The van der Waals surface area contributed by atoms with Gasteiger partial charge in [0.1, 0.15) is 6.29 Å². The average Bonchev–Trinajstić information content (AvgIpc) is 2.40. The first-order valence-electron chi connectivity index (χ1n) is 3.01. The van der Waals surface area contributed by atoms with Crippen molar-refractivity contribution in [1.82, 2.24) is 0 Å². The lowest BCUT2D eigenvalue weighted by atomic mass is 10.1. The van der Waals surface area contributed by atoms with Crippen LogP contribution in [0.5, 0.6) is 0 Å². The second-order valence-electron chi connectivity index (χ2n) is 2.58. The van der Waals surface area contributed by atoms with E-state index in [4.69, 9.17) is 4.74 Å². The van der Waals surface area contributed by atoms with Gasteiger partial charge in [0.25, 0.3) is 0 Å². The molecule has 0 aromatic rings. The van der Waals surface area contributed by atoms with Crippen molar-refractivity contribution in [3.05, 3.63) is 0 Å². The summed E-state index contributed by atoms with van der Waals surface area (Å²) in [6.45, 7) is 0. The second kappa shape index (κ2) is 1.32. The van der Waals surface area contributed by atoms with E-state index in [0.29, 0.717) is 18.1 Å². The van der Waals surface area contributed by atoms with Crippen LogP contribution in [0.4, 0.5) is 0 Å². The minimum absolute atomic E-state index is 0.318. The molecule has 0 aromatic heterocycles. The summed E-state index contributed by atoms with van der Waals surface area (Å²) in [4.78, 5) is 10.1. The zero-order valence-electron chi connectivity index (χ0n) is 4.54. The molecule has 0 aromatic carbocycles. The van der Waals surface area contributed by atoms with Crippen molar-refractivity contribution in [3.8, 4) is 0 Å². The van der Waals surface area contributed by atoms with Crippen LogP contribution in [0.3, 0.4) is 0 Å². The van der Waals surface area contributed by atoms with E-state index in [2.05, 4.69) is 0 Å². The van der Waals surface area contributed by atoms with Crippen LogP contribution in [0.1, 0.15) is 12.8 Å². The number of fused-ring (bicyclic) bond motifs is 1. The molecule has 1 aliphatic heterocycles. The zero-order valence-corrected chi connectivity index (χ0v) is 4.54. The van der Waals surface area contributed by atoms with Gasteiger partial charge in [-0.25, -0.2) is 0 Å². The molecule has 0 N–H and O–H groups in total. The maximum Gasteiger partial charge on any atom is 0.123 e. The van der Waals surface area contributed by atoms with Crippen LogP contribution in [0.2, 0.25) is 0 Å². The molecular weight excluding hydrogens is 104 g/mol. The van der Waals surface area contributed by atoms with Crippen molar-refractivity contribution in [1.29, 1.82) is 0 Å². The Labute approximate surface area is 47.8 Å². The Morgan fingerprint density at radius 2 is 2.00 bits per heavy atom. The first-order chi connectivity index (χ1) is 3.90. The molecule has 2 fully saturated rings. The highest BCUT2D eigenvalue weighted by molar-refractivity contribution is 5.54. The monoisotopic (exact) mass is 112 g/mol. The molecule has 3 atom stereocenters. The van der Waals surface area contributed by atoms with E-state index in [0.717, 1.165) is 19.1 Å². The van der Waals surface area contributed by atoms with E-state index in [9.17, 15) is 4.79 Å². The topological polar surface area (TPSA) is 29.6 Å². The maximum atomic E-state index is 10.1. The van der Waals surface area contributed by atoms with Crippen LogP contribution in [-0.2, 0) is 9.53 Å². The van der Waals surface area contributed by atoms with E-state index >= 15 is 0 Å². The number of carbonyl (C=O) groups excluding carboxylic acids is 1.